The lowest BCUT2D eigenvalue weighted by Gasteiger charge is -2.09. The van der Waals surface area contributed by atoms with E-state index in [2.05, 4.69) is 9.26 Å². The molecule has 0 saturated heterocycles. The molecule has 0 bridgehead atoms. The molecule has 1 aromatic carbocycles. The van der Waals surface area contributed by atoms with Crippen LogP contribution in [0.4, 0.5) is 0 Å². The molecule has 9 heteroatoms. The van der Waals surface area contributed by atoms with Gasteiger partial charge in [0.1, 0.15) is 5.75 Å². The number of carbonyl (C=O) groups excluding carboxylic acids is 2. The summed E-state index contributed by atoms with van der Waals surface area (Å²) in [5.41, 5.74) is 0.119. The highest BCUT2D eigenvalue weighted by Crippen LogP contribution is 2.37. The van der Waals surface area contributed by atoms with Gasteiger partial charge < -0.3 is 14.0 Å². The second-order valence-electron chi connectivity index (χ2n) is 4.27. The Bertz CT molecular complexity index is 545. The van der Waals surface area contributed by atoms with E-state index < -0.39 is 26.6 Å². The van der Waals surface area contributed by atoms with Gasteiger partial charge in [-0.2, -0.15) is 0 Å². The van der Waals surface area contributed by atoms with Gasteiger partial charge in [0.25, 0.3) is 0 Å². The van der Waals surface area contributed by atoms with Crippen LogP contribution in [0, 0.1) is 5.92 Å². The molecule has 116 valence electrons. The van der Waals surface area contributed by atoms with E-state index in [0.29, 0.717) is 0 Å². The lowest BCUT2D eigenvalue weighted by Crippen LogP contribution is -2.16. The van der Waals surface area contributed by atoms with E-state index in [1.165, 1.54) is 24.3 Å². The number of hydrogen-bond acceptors (Lipinski definition) is 6. The molecule has 0 aliphatic rings. The fourth-order valence-corrected chi connectivity index (χ4v) is 1.58. The van der Waals surface area contributed by atoms with Crippen LogP contribution in [0.2, 0.25) is 0 Å². The van der Waals surface area contributed by atoms with Crippen molar-refractivity contribution in [2.24, 2.45) is 5.92 Å². The Kier molecular flexibility index (Phi) is 5.90. The van der Waals surface area contributed by atoms with Crippen molar-refractivity contribution in [1.82, 2.24) is 0 Å². The minimum absolute atomic E-state index is 0.0916. The lowest BCUT2D eigenvalue weighted by molar-refractivity contribution is -0.155. The van der Waals surface area contributed by atoms with Crippen LogP contribution in [0.25, 0.3) is 0 Å². The topological polar surface area (TPSA) is 119 Å². The van der Waals surface area contributed by atoms with Crippen LogP contribution < -0.4 is 4.52 Å². The highest BCUT2D eigenvalue weighted by atomic mass is 31.2. The number of rotatable bonds is 6. The monoisotopic (exact) mass is 318 g/mol. The van der Waals surface area contributed by atoms with Crippen molar-refractivity contribution in [2.45, 2.75) is 13.8 Å². The molecular formula is C12H15O8P. The third-order valence-electron chi connectivity index (χ3n) is 2.18. The number of esters is 2. The molecule has 0 spiro atoms. The van der Waals surface area contributed by atoms with Crippen LogP contribution in [-0.4, -0.2) is 28.5 Å². The van der Waals surface area contributed by atoms with Crippen molar-refractivity contribution in [1.29, 1.82) is 0 Å². The Hall–Kier alpha value is -1.89. The zero-order chi connectivity index (χ0) is 16.0. The van der Waals surface area contributed by atoms with Gasteiger partial charge in [0.05, 0.1) is 11.5 Å². The van der Waals surface area contributed by atoms with Gasteiger partial charge in [-0.15, -0.1) is 0 Å². The summed E-state index contributed by atoms with van der Waals surface area (Å²) in [4.78, 5) is 39.9. The Morgan fingerprint density at radius 3 is 2.19 bits per heavy atom. The normalized spacial score (nSPS) is 11.1. The van der Waals surface area contributed by atoms with Crippen molar-refractivity contribution >= 4 is 19.8 Å². The van der Waals surface area contributed by atoms with Crippen molar-refractivity contribution in [3.63, 3.8) is 0 Å². The Balaban J connectivity index is 2.52. The Labute approximate surface area is 120 Å². The van der Waals surface area contributed by atoms with Gasteiger partial charge in [-0.25, -0.2) is 9.36 Å². The van der Waals surface area contributed by atoms with Crippen LogP contribution in [0.15, 0.2) is 24.3 Å². The molecule has 0 aliphatic carbocycles. The maximum atomic E-state index is 11.6. The van der Waals surface area contributed by atoms with Crippen molar-refractivity contribution in [3.8, 4) is 5.75 Å². The molecular weight excluding hydrogens is 303 g/mol. The molecule has 0 atom stereocenters. The maximum Gasteiger partial charge on any atom is 0.524 e. The van der Waals surface area contributed by atoms with Crippen molar-refractivity contribution < 1.29 is 37.9 Å². The quantitative estimate of drug-likeness (QED) is 0.460. The highest BCUT2D eigenvalue weighted by Gasteiger charge is 2.16. The SMILES string of the molecule is CC(C)C(=O)OCOC(=O)c1ccc(OP(=O)(O)O)cc1. The Morgan fingerprint density at radius 1 is 1.14 bits per heavy atom. The summed E-state index contributed by atoms with van der Waals surface area (Å²) in [5.74, 6) is -1.65. The van der Waals surface area contributed by atoms with Gasteiger partial charge in [-0.3, -0.25) is 14.6 Å². The first kappa shape index (κ1) is 17.2. The van der Waals surface area contributed by atoms with Gasteiger partial charge in [0.15, 0.2) is 0 Å². The lowest BCUT2D eigenvalue weighted by atomic mass is 10.2. The standard InChI is InChI=1S/C12H15O8P/c1-8(2)11(13)18-7-19-12(14)9-3-5-10(6-4-9)20-21(15,16)17/h3-6,8H,7H2,1-2H3,(H2,15,16,17). The molecule has 0 unspecified atom stereocenters. The predicted molar refractivity (Wildman–Crippen MR) is 70.3 cm³/mol. The summed E-state index contributed by atoms with van der Waals surface area (Å²) in [7, 11) is -4.64. The van der Waals surface area contributed by atoms with E-state index in [1.54, 1.807) is 13.8 Å². The average Bonchev–Trinajstić information content (AvgIpc) is 2.37. The molecule has 1 rings (SSSR count). The predicted octanol–water partition coefficient (Wildman–Crippen LogP) is 1.47. The second kappa shape index (κ2) is 7.21. The van der Waals surface area contributed by atoms with Gasteiger partial charge in [0, 0.05) is 0 Å². The van der Waals surface area contributed by atoms with Gasteiger partial charge >= 0.3 is 19.8 Å². The van der Waals surface area contributed by atoms with Crippen LogP contribution >= 0.6 is 7.82 Å². The second-order valence-corrected chi connectivity index (χ2v) is 5.44. The molecule has 1 aromatic rings. The molecule has 0 saturated carbocycles. The number of ether oxygens (including phenoxy) is 2. The van der Waals surface area contributed by atoms with Crippen molar-refractivity contribution in [3.05, 3.63) is 29.8 Å². The zero-order valence-electron chi connectivity index (χ0n) is 11.4. The van der Waals surface area contributed by atoms with Gasteiger partial charge in [-0.05, 0) is 24.3 Å². The minimum Gasteiger partial charge on any atom is -0.428 e. The van der Waals surface area contributed by atoms with Gasteiger partial charge in [0.2, 0.25) is 6.79 Å². The fraction of sp³-hybridized carbons (Fsp3) is 0.333. The molecule has 0 heterocycles. The summed E-state index contributed by atoms with van der Waals surface area (Å²) in [6, 6.07) is 4.93. The molecule has 21 heavy (non-hydrogen) atoms. The third-order valence-corrected chi connectivity index (χ3v) is 2.63. The van der Waals surface area contributed by atoms with E-state index in [0.717, 1.165) is 0 Å². The number of phosphoric acid groups is 1. The number of hydrogen-bond donors (Lipinski definition) is 2. The molecule has 2 N–H and O–H groups in total. The van der Waals surface area contributed by atoms with Crippen LogP contribution in [0.1, 0.15) is 24.2 Å². The average molecular weight is 318 g/mol. The summed E-state index contributed by atoms with van der Waals surface area (Å²) in [5, 5.41) is 0. The molecule has 8 nitrogen and oxygen atoms in total. The summed E-state index contributed by atoms with van der Waals surface area (Å²) in [6.07, 6.45) is 0. The molecule has 0 amide bonds. The summed E-state index contributed by atoms with van der Waals surface area (Å²) >= 11 is 0. The molecule has 0 aromatic heterocycles. The molecule has 0 fully saturated rings. The van der Waals surface area contributed by atoms with Crippen LogP contribution in [0.3, 0.4) is 0 Å². The number of phosphoric ester groups is 1. The fourth-order valence-electron chi connectivity index (χ4n) is 1.18. The van der Waals surface area contributed by atoms with E-state index >= 15 is 0 Å². The van der Waals surface area contributed by atoms with Crippen LogP contribution in [0.5, 0.6) is 5.75 Å². The highest BCUT2D eigenvalue weighted by molar-refractivity contribution is 7.46. The largest absolute Gasteiger partial charge is 0.524 e. The smallest absolute Gasteiger partial charge is 0.428 e. The first-order valence-corrected chi connectivity index (χ1v) is 7.41. The van der Waals surface area contributed by atoms with E-state index in [9.17, 15) is 14.2 Å². The maximum absolute atomic E-state index is 11.6. The van der Waals surface area contributed by atoms with E-state index in [4.69, 9.17) is 14.5 Å². The van der Waals surface area contributed by atoms with Crippen LogP contribution in [-0.2, 0) is 18.8 Å². The summed E-state index contributed by atoms with van der Waals surface area (Å²) in [6.45, 7) is 2.78. The number of carbonyl (C=O) groups is 2. The summed E-state index contributed by atoms with van der Waals surface area (Å²) < 4.78 is 24.3. The van der Waals surface area contributed by atoms with E-state index in [-0.39, 0.29) is 17.2 Å². The minimum atomic E-state index is -4.64. The van der Waals surface area contributed by atoms with E-state index in [1.807, 2.05) is 0 Å². The van der Waals surface area contributed by atoms with Gasteiger partial charge in [-0.1, -0.05) is 13.8 Å². The van der Waals surface area contributed by atoms with Crippen molar-refractivity contribution in [2.75, 3.05) is 6.79 Å². The first-order chi connectivity index (χ1) is 9.69. The molecule has 0 aliphatic heterocycles. The zero-order valence-corrected chi connectivity index (χ0v) is 12.3. The Morgan fingerprint density at radius 2 is 1.71 bits per heavy atom. The number of benzene rings is 1. The first-order valence-electron chi connectivity index (χ1n) is 5.88. The molecule has 0 radical (unpaired) electrons. The third kappa shape index (κ3) is 6.40.